The molecule has 2 amide bonds. The highest BCUT2D eigenvalue weighted by Gasteiger charge is 2.35. The Morgan fingerprint density at radius 1 is 1.11 bits per heavy atom. The topological polar surface area (TPSA) is 67.9 Å². The van der Waals surface area contributed by atoms with Crippen LogP contribution in [0.1, 0.15) is 11.1 Å². The fraction of sp³-hybridized carbons (Fsp3) is 0.150. The Hall–Kier alpha value is -2.71. The number of nitrogens with one attached hydrogen (secondary N) is 1. The fourth-order valence-electron chi connectivity index (χ4n) is 2.84. The van der Waals surface area contributed by atoms with E-state index in [1.54, 1.807) is 31.4 Å². The van der Waals surface area contributed by atoms with E-state index in [2.05, 4.69) is 21.2 Å². The van der Waals surface area contributed by atoms with Crippen molar-refractivity contribution >= 4 is 56.8 Å². The van der Waals surface area contributed by atoms with Crippen molar-refractivity contribution < 1.29 is 19.1 Å². The molecule has 8 heteroatoms. The second kappa shape index (κ2) is 8.12. The molecule has 2 aromatic carbocycles. The van der Waals surface area contributed by atoms with Crippen LogP contribution < -0.4 is 19.7 Å². The van der Waals surface area contributed by atoms with Gasteiger partial charge in [0.2, 0.25) is 0 Å². The summed E-state index contributed by atoms with van der Waals surface area (Å²) < 4.78 is 11.4. The van der Waals surface area contributed by atoms with Gasteiger partial charge in [-0.3, -0.25) is 19.8 Å². The molecule has 1 fully saturated rings. The van der Waals surface area contributed by atoms with E-state index >= 15 is 0 Å². The lowest BCUT2D eigenvalue weighted by Gasteiger charge is -2.30. The van der Waals surface area contributed by atoms with Crippen molar-refractivity contribution in [3.8, 4) is 11.5 Å². The minimum absolute atomic E-state index is 0.0410. The van der Waals surface area contributed by atoms with Gasteiger partial charge in [-0.1, -0.05) is 15.9 Å². The molecule has 6 nitrogen and oxygen atoms in total. The van der Waals surface area contributed by atoms with Gasteiger partial charge < -0.3 is 9.47 Å². The molecule has 28 heavy (non-hydrogen) atoms. The Bertz CT molecular complexity index is 1020. The summed E-state index contributed by atoms with van der Waals surface area (Å²) in [6.45, 7) is 1.86. The highest BCUT2D eigenvalue weighted by atomic mass is 79.9. The van der Waals surface area contributed by atoms with E-state index in [0.717, 1.165) is 10.0 Å². The lowest BCUT2D eigenvalue weighted by molar-refractivity contribution is -0.122. The van der Waals surface area contributed by atoms with Crippen molar-refractivity contribution in [3.05, 3.63) is 57.6 Å². The predicted molar refractivity (Wildman–Crippen MR) is 115 cm³/mol. The molecule has 1 aliphatic heterocycles. The van der Waals surface area contributed by atoms with Crippen molar-refractivity contribution in [3.63, 3.8) is 0 Å². The number of anilines is 1. The van der Waals surface area contributed by atoms with Crippen molar-refractivity contribution in [2.75, 3.05) is 19.1 Å². The number of rotatable bonds is 4. The zero-order valence-corrected chi connectivity index (χ0v) is 17.8. The molecule has 2 aromatic rings. The summed E-state index contributed by atoms with van der Waals surface area (Å²) in [4.78, 5) is 26.9. The second-order valence-corrected chi connectivity index (χ2v) is 7.30. The average molecular weight is 461 g/mol. The van der Waals surface area contributed by atoms with Gasteiger partial charge in [-0.2, -0.15) is 0 Å². The molecule has 0 aliphatic carbocycles. The third-order valence-corrected chi connectivity index (χ3v) is 5.02. The number of nitrogens with zero attached hydrogens (tertiary/aromatic N) is 1. The average Bonchev–Trinajstić information content (AvgIpc) is 2.66. The van der Waals surface area contributed by atoms with Crippen LogP contribution in [0.5, 0.6) is 11.5 Å². The van der Waals surface area contributed by atoms with E-state index in [9.17, 15) is 9.59 Å². The second-order valence-electron chi connectivity index (χ2n) is 6.00. The molecule has 0 saturated carbocycles. The van der Waals surface area contributed by atoms with Crippen LogP contribution in [0, 0.1) is 6.92 Å². The monoisotopic (exact) mass is 460 g/mol. The van der Waals surface area contributed by atoms with E-state index in [1.807, 2.05) is 19.1 Å². The molecule has 0 bridgehead atoms. The molecule has 0 aromatic heterocycles. The standard InChI is InChI=1S/C20H17BrN2O4S/c1-11-8-13(21)5-7-16(11)23-19(25)15(18(24)22-20(23)28)9-12-4-6-14(26-2)10-17(12)27-3/h4-10H,1-3H3,(H,22,24,28)/b15-9-. The number of hydrogen-bond acceptors (Lipinski definition) is 5. The number of amides is 2. The maximum atomic E-state index is 13.1. The van der Waals surface area contributed by atoms with Crippen molar-refractivity contribution in [2.24, 2.45) is 0 Å². The molecule has 3 rings (SSSR count). The quantitative estimate of drug-likeness (QED) is 0.428. The summed E-state index contributed by atoms with van der Waals surface area (Å²) in [5, 5.41) is 2.62. The Morgan fingerprint density at radius 3 is 2.50 bits per heavy atom. The van der Waals surface area contributed by atoms with Gasteiger partial charge in [0.25, 0.3) is 11.8 Å². The number of thiocarbonyl (C=S) groups is 1. The number of benzene rings is 2. The first-order valence-electron chi connectivity index (χ1n) is 8.25. The Balaban J connectivity index is 2.06. The summed E-state index contributed by atoms with van der Waals surface area (Å²) in [5.41, 5.74) is 1.97. The molecule has 0 radical (unpaired) electrons. The summed E-state index contributed by atoms with van der Waals surface area (Å²) in [6.07, 6.45) is 1.49. The zero-order chi connectivity index (χ0) is 20.4. The summed E-state index contributed by atoms with van der Waals surface area (Å²) in [6, 6.07) is 10.6. The fourth-order valence-corrected chi connectivity index (χ4v) is 3.59. The van der Waals surface area contributed by atoms with Crippen molar-refractivity contribution in [1.29, 1.82) is 0 Å². The van der Waals surface area contributed by atoms with Gasteiger partial charge in [0, 0.05) is 16.1 Å². The third-order valence-electron chi connectivity index (χ3n) is 4.24. The minimum Gasteiger partial charge on any atom is -0.497 e. The first-order valence-corrected chi connectivity index (χ1v) is 9.45. The Kier molecular flexibility index (Phi) is 5.81. The first-order chi connectivity index (χ1) is 13.3. The molecule has 0 spiro atoms. The van der Waals surface area contributed by atoms with Crippen LogP contribution in [0.25, 0.3) is 6.08 Å². The smallest absolute Gasteiger partial charge is 0.270 e. The van der Waals surface area contributed by atoms with Gasteiger partial charge in [0.15, 0.2) is 5.11 Å². The summed E-state index contributed by atoms with van der Waals surface area (Å²) >= 11 is 8.65. The molecule has 1 N–H and O–H groups in total. The maximum absolute atomic E-state index is 13.1. The molecule has 0 atom stereocenters. The SMILES string of the molecule is COc1ccc(/C=C2/C(=O)NC(=S)N(c3ccc(Br)cc3C)C2=O)c(OC)c1. The van der Waals surface area contributed by atoms with E-state index in [1.165, 1.54) is 18.1 Å². The normalized spacial score (nSPS) is 15.6. The number of ether oxygens (including phenoxy) is 2. The first kappa shape index (κ1) is 20.0. The number of carbonyl (C=O) groups excluding carboxylic acids is 2. The van der Waals surface area contributed by atoms with E-state index in [0.29, 0.717) is 22.7 Å². The number of halogens is 1. The van der Waals surface area contributed by atoms with Crippen LogP contribution in [0.15, 0.2) is 46.4 Å². The summed E-state index contributed by atoms with van der Waals surface area (Å²) in [5.74, 6) is 0.0228. The minimum atomic E-state index is -0.557. The van der Waals surface area contributed by atoms with Crippen LogP contribution in [0.4, 0.5) is 5.69 Å². The molecule has 1 aliphatic rings. The third kappa shape index (κ3) is 3.79. The maximum Gasteiger partial charge on any atom is 0.270 e. The zero-order valence-electron chi connectivity index (χ0n) is 15.4. The highest BCUT2D eigenvalue weighted by molar-refractivity contribution is 9.10. The van der Waals surface area contributed by atoms with Gasteiger partial charge in [-0.15, -0.1) is 0 Å². The molecule has 1 saturated heterocycles. The molecular weight excluding hydrogens is 444 g/mol. The van der Waals surface area contributed by atoms with Gasteiger partial charge in [-0.25, -0.2) is 0 Å². The lowest BCUT2D eigenvalue weighted by atomic mass is 10.0. The Morgan fingerprint density at radius 2 is 1.86 bits per heavy atom. The lowest BCUT2D eigenvalue weighted by Crippen LogP contribution is -2.54. The van der Waals surface area contributed by atoms with E-state index in [-0.39, 0.29) is 10.7 Å². The largest absolute Gasteiger partial charge is 0.497 e. The van der Waals surface area contributed by atoms with Crippen LogP contribution in [0.3, 0.4) is 0 Å². The molecular formula is C20H17BrN2O4S. The highest BCUT2D eigenvalue weighted by Crippen LogP contribution is 2.30. The van der Waals surface area contributed by atoms with Crippen LogP contribution in [0.2, 0.25) is 0 Å². The summed E-state index contributed by atoms with van der Waals surface area (Å²) in [7, 11) is 3.05. The van der Waals surface area contributed by atoms with Crippen LogP contribution >= 0.6 is 28.1 Å². The predicted octanol–water partition coefficient (Wildman–Crippen LogP) is 3.61. The van der Waals surface area contributed by atoms with Crippen LogP contribution in [-0.4, -0.2) is 31.1 Å². The number of carbonyl (C=O) groups is 2. The molecule has 0 unspecified atom stereocenters. The van der Waals surface area contributed by atoms with E-state index < -0.39 is 11.8 Å². The Labute approximate surface area is 176 Å². The molecule has 1 heterocycles. The number of hydrogen-bond donors (Lipinski definition) is 1. The van der Waals surface area contributed by atoms with Gasteiger partial charge in [-0.05, 0) is 61.1 Å². The van der Waals surface area contributed by atoms with Gasteiger partial charge in [0.05, 0.1) is 19.9 Å². The van der Waals surface area contributed by atoms with Crippen molar-refractivity contribution in [2.45, 2.75) is 6.92 Å². The van der Waals surface area contributed by atoms with Gasteiger partial charge in [0.1, 0.15) is 17.1 Å². The van der Waals surface area contributed by atoms with Crippen molar-refractivity contribution in [1.82, 2.24) is 5.32 Å². The van der Waals surface area contributed by atoms with E-state index in [4.69, 9.17) is 21.7 Å². The van der Waals surface area contributed by atoms with Crippen LogP contribution in [-0.2, 0) is 9.59 Å². The molecule has 144 valence electrons. The number of aryl methyl sites for hydroxylation is 1. The number of methoxy groups -OCH3 is 2. The van der Waals surface area contributed by atoms with Gasteiger partial charge >= 0.3 is 0 Å².